The summed E-state index contributed by atoms with van der Waals surface area (Å²) < 4.78 is 2.61. The zero-order valence-electron chi connectivity index (χ0n) is 38.8. The van der Waals surface area contributed by atoms with E-state index in [-0.39, 0.29) is 22.7 Å². The van der Waals surface area contributed by atoms with Gasteiger partial charge in [0.2, 0.25) is 0 Å². The highest BCUT2D eigenvalue weighted by atomic mass is 14.9. The van der Waals surface area contributed by atoms with E-state index in [4.69, 9.17) is 4.98 Å². The van der Waals surface area contributed by atoms with Gasteiger partial charge in [-0.25, -0.2) is 0 Å². The Morgan fingerprint density at radius 3 is 1.67 bits per heavy atom. The Balaban J connectivity index is 1.24. The number of pyridine rings is 1. The fourth-order valence-electron chi connectivity index (χ4n) is 15.0. The maximum absolute atomic E-state index is 11.3. The van der Waals surface area contributed by atoms with Gasteiger partial charge in [0.1, 0.15) is 0 Å². The van der Waals surface area contributed by atoms with Gasteiger partial charge in [-0.3, -0.25) is 4.98 Å². The molecular formula is C61H61N3. The molecule has 0 N–H and O–H groups in total. The van der Waals surface area contributed by atoms with Gasteiger partial charge in [-0.1, -0.05) is 141 Å². The molecule has 6 aliphatic carbocycles. The van der Waals surface area contributed by atoms with E-state index in [2.05, 4.69) is 137 Å². The smallest absolute Gasteiger partial charge is 0.0995 e. The predicted octanol–water partition coefficient (Wildman–Crippen LogP) is 16.3. The molecule has 2 fully saturated rings. The van der Waals surface area contributed by atoms with Crippen molar-refractivity contribution < 1.29 is 0 Å². The number of fused-ring (bicyclic) bond motifs is 10. The molecule has 0 atom stereocenters. The van der Waals surface area contributed by atoms with E-state index >= 15 is 0 Å². The van der Waals surface area contributed by atoms with E-state index in [1.54, 1.807) is 5.56 Å². The molecule has 0 saturated heterocycles. The summed E-state index contributed by atoms with van der Waals surface area (Å²) in [6.45, 7) is 14.3. The van der Waals surface area contributed by atoms with Gasteiger partial charge in [0.15, 0.2) is 0 Å². The highest BCUT2D eigenvalue weighted by Crippen LogP contribution is 2.62. The summed E-state index contributed by atoms with van der Waals surface area (Å²) in [4.78, 5) is 5.80. The molecule has 2 bridgehead atoms. The lowest BCUT2D eigenvalue weighted by molar-refractivity contribution is 0.172. The molecule has 0 unspecified atom stereocenters. The SMILES string of the molecule is CC(C)c1cc(C(C)C)c(-c2cc3c4c5c(c(C#N)cc4n4c6cnc7c(c6c(c2)c34)C2(CCCCC2)CCC72CCCCC2)C2c3ccccc3C5c3ccccc32)c(C(C)C)c1. The largest absolute Gasteiger partial charge is 0.306 e. The molecule has 3 heterocycles. The van der Waals surface area contributed by atoms with Crippen LogP contribution in [-0.4, -0.2) is 9.38 Å². The lowest BCUT2D eigenvalue weighted by atomic mass is 9.54. The van der Waals surface area contributed by atoms with Crippen molar-refractivity contribution in [3.05, 3.63) is 152 Å². The molecular weight excluding hydrogens is 775 g/mol. The molecule has 14 rings (SSSR count). The van der Waals surface area contributed by atoms with Gasteiger partial charge < -0.3 is 4.40 Å². The van der Waals surface area contributed by atoms with Crippen molar-refractivity contribution >= 4 is 38.1 Å². The number of hydrogen-bond acceptors (Lipinski definition) is 2. The van der Waals surface area contributed by atoms with Crippen LogP contribution in [0.3, 0.4) is 0 Å². The normalized spacial score (nSPS) is 20.6. The molecule has 0 amide bonds. The summed E-state index contributed by atoms with van der Waals surface area (Å²) in [5, 5.41) is 16.9. The van der Waals surface area contributed by atoms with Gasteiger partial charge in [-0.2, -0.15) is 5.26 Å². The van der Waals surface area contributed by atoms with Gasteiger partial charge in [0, 0.05) is 38.8 Å². The van der Waals surface area contributed by atoms with Gasteiger partial charge >= 0.3 is 0 Å². The molecule has 0 aliphatic heterocycles. The van der Waals surface area contributed by atoms with E-state index in [1.807, 2.05) is 0 Å². The average Bonchev–Trinajstić information content (AvgIpc) is 3.84. The Labute approximate surface area is 379 Å². The summed E-state index contributed by atoms with van der Waals surface area (Å²) in [5.41, 5.74) is 23.2. The number of aromatic nitrogens is 2. The van der Waals surface area contributed by atoms with Crippen LogP contribution in [0.4, 0.5) is 0 Å². The van der Waals surface area contributed by atoms with Crippen LogP contribution in [0.5, 0.6) is 0 Å². The molecule has 3 aromatic heterocycles. The summed E-state index contributed by atoms with van der Waals surface area (Å²) >= 11 is 0. The van der Waals surface area contributed by atoms with Crippen molar-refractivity contribution in [2.24, 2.45) is 0 Å². The lowest BCUT2D eigenvalue weighted by Gasteiger charge is -2.50. The third-order valence-electron chi connectivity index (χ3n) is 17.9. The zero-order chi connectivity index (χ0) is 43.4. The average molecular weight is 836 g/mol. The summed E-state index contributed by atoms with van der Waals surface area (Å²) in [6.07, 6.45) is 17.9. The number of benzene rings is 5. The van der Waals surface area contributed by atoms with E-state index in [0.29, 0.717) is 17.8 Å². The Morgan fingerprint density at radius 1 is 0.594 bits per heavy atom. The third-order valence-corrected chi connectivity index (χ3v) is 17.9. The Kier molecular flexibility index (Phi) is 8.39. The minimum absolute atomic E-state index is 0.0259. The Morgan fingerprint density at radius 2 is 1.12 bits per heavy atom. The van der Waals surface area contributed by atoms with Crippen LogP contribution < -0.4 is 0 Å². The Hall–Kier alpha value is -5.46. The first-order chi connectivity index (χ1) is 31.1. The maximum Gasteiger partial charge on any atom is 0.0995 e. The molecule has 3 heteroatoms. The summed E-state index contributed by atoms with van der Waals surface area (Å²) in [7, 11) is 0. The van der Waals surface area contributed by atoms with Gasteiger partial charge in [0.05, 0.1) is 40.1 Å². The van der Waals surface area contributed by atoms with Crippen LogP contribution in [0.2, 0.25) is 0 Å². The Bertz CT molecular complexity index is 3220. The van der Waals surface area contributed by atoms with Gasteiger partial charge in [-0.05, 0) is 147 Å². The van der Waals surface area contributed by atoms with Crippen LogP contribution in [0, 0.1) is 11.3 Å². The standard InChI is InChI=1S/C61H61N3/c1-34(2)37-27-44(35(3)4)50(45(28-37)36(5)6)38-29-46-54-48(31-39(32-62)51-52-40-17-9-11-19-42(40)53(56(51)54)43-20-12-10-18-41(43)52)64-49-33-63-59-57(55(49)47(30-38)58(46)64)60(21-13-7-14-22-60)25-26-61(59)23-15-8-16-24-61/h9-12,17-20,27-31,33-36,52-53H,7-8,13-16,21-26H2,1-6H3. The number of nitriles is 1. The first kappa shape index (κ1) is 39.0. The molecule has 2 saturated carbocycles. The molecule has 0 radical (unpaired) electrons. The number of nitrogens with zero attached hydrogens (tertiary/aromatic N) is 3. The number of rotatable bonds is 4. The fourth-order valence-corrected chi connectivity index (χ4v) is 15.0. The van der Waals surface area contributed by atoms with E-state index in [0.717, 1.165) is 5.56 Å². The van der Waals surface area contributed by atoms with Crippen molar-refractivity contribution in [2.75, 3.05) is 0 Å². The third kappa shape index (κ3) is 5.01. The monoisotopic (exact) mass is 835 g/mol. The topological polar surface area (TPSA) is 41.1 Å². The predicted molar refractivity (Wildman–Crippen MR) is 265 cm³/mol. The highest BCUT2D eigenvalue weighted by Gasteiger charge is 2.50. The van der Waals surface area contributed by atoms with Crippen molar-refractivity contribution in [1.82, 2.24) is 9.38 Å². The minimum Gasteiger partial charge on any atom is -0.306 e. The van der Waals surface area contributed by atoms with Crippen molar-refractivity contribution in [2.45, 2.75) is 159 Å². The summed E-state index contributed by atoms with van der Waals surface area (Å²) in [6, 6.07) is 33.7. The van der Waals surface area contributed by atoms with Gasteiger partial charge in [0.25, 0.3) is 0 Å². The molecule has 3 nitrogen and oxygen atoms in total. The second kappa shape index (κ2) is 13.8. The van der Waals surface area contributed by atoms with Gasteiger partial charge in [-0.15, -0.1) is 0 Å². The van der Waals surface area contributed by atoms with E-state index in [9.17, 15) is 5.26 Å². The van der Waals surface area contributed by atoms with E-state index in [1.165, 1.54) is 182 Å². The fraction of sp³-hybridized carbons (Fsp3) is 0.410. The molecule has 5 aromatic carbocycles. The molecule has 320 valence electrons. The summed E-state index contributed by atoms with van der Waals surface area (Å²) in [5.74, 6) is 1.26. The van der Waals surface area contributed by atoms with Crippen molar-refractivity contribution in [1.29, 1.82) is 5.26 Å². The van der Waals surface area contributed by atoms with Crippen molar-refractivity contribution in [3.8, 4) is 17.2 Å². The van der Waals surface area contributed by atoms with Crippen LogP contribution in [0.25, 0.3) is 49.2 Å². The first-order valence-electron chi connectivity index (χ1n) is 25.1. The maximum atomic E-state index is 11.3. The minimum atomic E-state index is 0.0259. The lowest BCUT2D eigenvalue weighted by Crippen LogP contribution is -2.43. The van der Waals surface area contributed by atoms with Crippen LogP contribution >= 0.6 is 0 Å². The van der Waals surface area contributed by atoms with Crippen LogP contribution in [0.1, 0.15) is 215 Å². The molecule has 2 spiro atoms. The molecule has 8 aromatic rings. The number of hydrogen-bond donors (Lipinski definition) is 0. The quantitative estimate of drug-likeness (QED) is 0.177. The molecule has 64 heavy (non-hydrogen) atoms. The van der Waals surface area contributed by atoms with Crippen LogP contribution in [0.15, 0.2) is 85.1 Å². The van der Waals surface area contributed by atoms with E-state index < -0.39 is 0 Å². The second-order valence-electron chi connectivity index (χ2n) is 22.1. The second-order valence-corrected chi connectivity index (χ2v) is 22.1. The first-order valence-corrected chi connectivity index (χ1v) is 25.1. The van der Waals surface area contributed by atoms with Crippen LogP contribution in [-0.2, 0) is 10.8 Å². The highest BCUT2D eigenvalue weighted by molar-refractivity contribution is 6.26. The molecule has 6 aliphatic rings. The zero-order valence-corrected chi connectivity index (χ0v) is 38.8. The van der Waals surface area contributed by atoms with Crippen molar-refractivity contribution in [3.63, 3.8) is 0 Å².